The first kappa shape index (κ1) is 15.9. The molecule has 26 heavy (non-hydrogen) atoms. The highest BCUT2D eigenvalue weighted by atomic mass is 16.2. The minimum Gasteiger partial charge on any atom is -0.326 e. The van der Waals surface area contributed by atoms with E-state index in [1.165, 1.54) is 0 Å². The third-order valence-corrected chi connectivity index (χ3v) is 4.08. The van der Waals surface area contributed by atoms with Crippen LogP contribution in [0.5, 0.6) is 0 Å². The second-order valence-corrected chi connectivity index (χ2v) is 6.13. The van der Waals surface area contributed by atoms with E-state index in [-0.39, 0.29) is 11.9 Å². The third-order valence-electron chi connectivity index (χ3n) is 4.08. The Kier molecular flexibility index (Phi) is 3.89. The quantitative estimate of drug-likeness (QED) is 0.679. The third kappa shape index (κ3) is 3.27. The molecule has 0 radical (unpaired) electrons. The molecule has 0 spiro atoms. The van der Waals surface area contributed by atoms with Crippen LogP contribution in [0.4, 0.5) is 21.9 Å². The first-order valence-electron chi connectivity index (χ1n) is 8.20. The van der Waals surface area contributed by atoms with E-state index in [0.29, 0.717) is 17.8 Å². The fourth-order valence-corrected chi connectivity index (χ4v) is 2.89. The van der Waals surface area contributed by atoms with E-state index in [4.69, 9.17) is 0 Å². The van der Waals surface area contributed by atoms with E-state index < -0.39 is 0 Å². The second kappa shape index (κ2) is 6.36. The van der Waals surface area contributed by atoms with Crippen molar-refractivity contribution < 1.29 is 9.59 Å². The van der Waals surface area contributed by atoms with Gasteiger partial charge in [0.1, 0.15) is 0 Å². The van der Waals surface area contributed by atoms with Crippen LogP contribution in [0, 0.1) is 6.92 Å². The van der Waals surface area contributed by atoms with E-state index in [2.05, 4.69) is 21.0 Å². The zero-order valence-electron chi connectivity index (χ0n) is 14.1. The Balaban J connectivity index is 1.45. The zero-order chi connectivity index (χ0) is 18.1. The Morgan fingerprint density at radius 3 is 2.69 bits per heavy atom. The largest absolute Gasteiger partial charge is 0.326 e. The summed E-state index contributed by atoms with van der Waals surface area (Å²) >= 11 is 0. The molecule has 0 fully saturated rings. The lowest BCUT2D eigenvalue weighted by atomic mass is 10.1. The van der Waals surface area contributed by atoms with Crippen molar-refractivity contribution in [1.29, 1.82) is 0 Å². The van der Waals surface area contributed by atoms with Crippen molar-refractivity contribution >= 4 is 29.0 Å². The number of nitrogens with zero attached hydrogens (tertiary/aromatic N) is 2. The minimum absolute atomic E-state index is 0.0349. The Morgan fingerprint density at radius 1 is 1.12 bits per heavy atom. The Morgan fingerprint density at radius 2 is 1.92 bits per heavy atom. The number of amides is 3. The molecule has 0 unspecified atom stereocenters. The van der Waals surface area contributed by atoms with Crippen LogP contribution in [0.1, 0.15) is 11.3 Å². The van der Waals surface area contributed by atoms with Crippen molar-refractivity contribution in [3.63, 3.8) is 0 Å². The van der Waals surface area contributed by atoms with Crippen LogP contribution in [0.2, 0.25) is 0 Å². The van der Waals surface area contributed by atoms with Crippen molar-refractivity contribution in [3.8, 4) is 5.69 Å². The molecule has 7 heteroatoms. The molecule has 0 atom stereocenters. The maximum absolute atomic E-state index is 12.3. The maximum atomic E-state index is 12.3. The molecule has 0 saturated carbocycles. The first-order valence-corrected chi connectivity index (χ1v) is 8.20. The Labute approximate surface area is 150 Å². The number of carbonyl (C=O) groups is 2. The first-order chi connectivity index (χ1) is 12.6. The lowest BCUT2D eigenvalue weighted by molar-refractivity contribution is -0.115. The molecular weight excluding hydrogens is 330 g/mol. The van der Waals surface area contributed by atoms with Gasteiger partial charge >= 0.3 is 6.03 Å². The number of hydrogen-bond donors (Lipinski definition) is 3. The molecule has 3 amide bonds. The maximum Gasteiger partial charge on any atom is 0.323 e. The van der Waals surface area contributed by atoms with Crippen LogP contribution >= 0.6 is 0 Å². The van der Waals surface area contributed by atoms with Crippen molar-refractivity contribution in [2.24, 2.45) is 0 Å². The highest BCUT2D eigenvalue weighted by molar-refractivity contribution is 6.02. The molecule has 7 nitrogen and oxygen atoms in total. The molecule has 130 valence electrons. The van der Waals surface area contributed by atoms with Crippen LogP contribution in [0.3, 0.4) is 0 Å². The molecule has 1 aliphatic rings. The van der Waals surface area contributed by atoms with Gasteiger partial charge in [0, 0.05) is 23.3 Å². The van der Waals surface area contributed by atoms with Gasteiger partial charge in [0.25, 0.3) is 0 Å². The lowest BCUT2D eigenvalue weighted by Gasteiger charge is -2.10. The van der Waals surface area contributed by atoms with Gasteiger partial charge in [0.15, 0.2) is 0 Å². The topological polar surface area (TPSA) is 88.0 Å². The number of benzene rings is 2. The summed E-state index contributed by atoms with van der Waals surface area (Å²) in [7, 11) is 0. The van der Waals surface area contributed by atoms with Crippen LogP contribution in [-0.4, -0.2) is 21.7 Å². The number of nitrogens with one attached hydrogen (secondary N) is 3. The number of urea groups is 1. The minimum atomic E-state index is -0.351. The van der Waals surface area contributed by atoms with Crippen LogP contribution < -0.4 is 16.0 Å². The Hall–Kier alpha value is -3.61. The lowest BCUT2D eigenvalue weighted by Crippen LogP contribution is -2.19. The van der Waals surface area contributed by atoms with Crippen LogP contribution in [-0.2, 0) is 11.2 Å². The van der Waals surface area contributed by atoms with Gasteiger partial charge in [-0.1, -0.05) is 6.07 Å². The monoisotopic (exact) mass is 347 g/mol. The number of fused-ring (bicyclic) bond motifs is 1. The van der Waals surface area contributed by atoms with Gasteiger partial charge in [-0.2, -0.15) is 5.10 Å². The van der Waals surface area contributed by atoms with Gasteiger partial charge in [-0.05, 0) is 55.0 Å². The number of anilines is 3. The SMILES string of the molecule is Cc1ccn(-c2cccc(NC(=O)Nc3ccc4c(c3)CC(=O)N4)c2)n1. The highest BCUT2D eigenvalue weighted by Crippen LogP contribution is 2.26. The van der Waals surface area contributed by atoms with Crippen molar-refractivity contribution in [3.05, 3.63) is 66.0 Å². The summed E-state index contributed by atoms with van der Waals surface area (Å²) in [4.78, 5) is 23.7. The van der Waals surface area contributed by atoms with E-state index in [1.54, 1.807) is 22.9 Å². The van der Waals surface area contributed by atoms with Crippen molar-refractivity contribution in [2.75, 3.05) is 16.0 Å². The van der Waals surface area contributed by atoms with Gasteiger partial charge in [0.2, 0.25) is 5.91 Å². The molecule has 4 rings (SSSR count). The summed E-state index contributed by atoms with van der Waals surface area (Å²) < 4.78 is 1.75. The number of carbonyl (C=O) groups excluding carboxylic acids is 2. The molecule has 1 aliphatic heterocycles. The van der Waals surface area contributed by atoms with Crippen LogP contribution in [0.15, 0.2) is 54.7 Å². The molecule has 1 aromatic heterocycles. The van der Waals surface area contributed by atoms with Gasteiger partial charge in [0.05, 0.1) is 17.8 Å². The number of aromatic nitrogens is 2. The van der Waals surface area contributed by atoms with Crippen molar-refractivity contribution in [1.82, 2.24) is 9.78 Å². The summed E-state index contributed by atoms with van der Waals surface area (Å²) in [5, 5.41) is 12.7. The number of aryl methyl sites for hydroxylation is 1. The van der Waals surface area contributed by atoms with Crippen molar-refractivity contribution in [2.45, 2.75) is 13.3 Å². The van der Waals surface area contributed by atoms with Crippen LogP contribution in [0.25, 0.3) is 5.69 Å². The summed E-state index contributed by atoms with van der Waals surface area (Å²) in [6.45, 7) is 1.92. The summed E-state index contributed by atoms with van der Waals surface area (Å²) in [5.41, 5.74) is 4.75. The predicted molar refractivity (Wildman–Crippen MR) is 99.7 cm³/mol. The van der Waals surface area contributed by atoms with E-state index in [9.17, 15) is 9.59 Å². The molecule has 2 aromatic carbocycles. The predicted octanol–water partition coefficient (Wildman–Crippen LogP) is 3.32. The molecule has 2 heterocycles. The van der Waals surface area contributed by atoms with Gasteiger partial charge in [-0.25, -0.2) is 9.48 Å². The average molecular weight is 347 g/mol. The molecule has 0 aliphatic carbocycles. The molecule has 0 bridgehead atoms. The Bertz CT molecular complexity index is 1010. The summed E-state index contributed by atoms with van der Waals surface area (Å²) in [6.07, 6.45) is 2.20. The molecule has 0 saturated heterocycles. The smallest absolute Gasteiger partial charge is 0.323 e. The highest BCUT2D eigenvalue weighted by Gasteiger charge is 2.17. The molecular formula is C19H17N5O2. The summed E-state index contributed by atoms with van der Waals surface area (Å²) in [5.74, 6) is -0.0349. The fraction of sp³-hybridized carbons (Fsp3) is 0.105. The zero-order valence-corrected chi connectivity index (χ0v) is 14.1. The molecule has 3 N–H and O–H groups in total. The fourth-order valence-electron chi connectivity index (χ4n) is 2.89. The van der Waals surface area contributed by atoms with E-state index in [1.807, 2.05) is 43.5 Å². The molecule has 3 aromatic rings. The number of hydrogen-bond acceptors (Lipinski definition) is 3. The van der Waals surface area contributed by atoms with E-state index >= 15 is 0 Å². The second-order valence-electron chi connectivity index (χ2n) is 6.13. The van der Waals surface area contributed by atoms with Gasteiger partial charge < -0.3 is 16.0 Å². The summed E-state index contributed by atoms with van der Waals surface area (Å²) in [6, 6.07) is 14.3. The van der Waals surface area contributed by atoms with E-state index in [0.717, 1.165) is 22.6 Å². The number of rotatable bonds is 3. The average Bonchev–Trinajstić information content (AvgIpc) is 3.19. The standard InChI is InChI=1S/C19H17N5O2/c1-12-7-8-24(23-12)16-4-2-3-14(11-16)20-19(26)21-15-5-6-17-13(9-15)10-18(25)22-17/h2-9,11H,10H2,1H3,(H,22,25)(H2,20,21,26). The normalized spacial score (nSPS) is 12.4. The van der Waals surface area contributed by atoms with Gasteiger partial charge in [-0.3, -0.25) is 4.79 Å². The van der Waals surface area contributed by atoms with Gasteiger partial charge in [-0.15, -0.1) is 0 Å².